The first-order valence-electron chi connectivity index (χ1n) is 5.76. The van der Waals surface area contributed by atoms with Gasteiger partial charge in [0, 0.05) is 23.3 Å². The number of hydrogen-bond acceptors (Lipinski definition) is 5. The second-order valence-corrected chi connectivity index (χ2v) is 5.48. The Morgan fingerprint density at radius 3 is 2.83 bits per heavy atom. The minimum absolute atomic E-state index is 0.0917. The predicted octanol–water partition coefficient (Wildman–Crippen LogP) is 2.47. The van der Waals surface area contributed by atoms with Crippen LogP contribution in [0.5, 0.6) is 0 Å². The molecule has 18 heavy (non-hydrogen) atoms. The number of hydrogen-bond donors (Lipinski definition) is 2. The van der Waals surface area contributed by atoms with Gasteiger partial charge in [0.05, 0.1) is 10.5 Å². The Labute approximate surface area is 113 Å². The molecule has 0 unspecified atom stereocenters. The lowest BCUT2D eigenvalue weighted by Crippen LogP contribution is -2.33. The smallest absolute Gasteiger partial charge is 0.312 e. The van der Waals surface area contributed by atoms with Crippen molar-refractivity contribution >= 4 is 27.4 Å². The summed E-state index contributed by atoms with van der Waals surface area (Å²) >= 11 is 3.15. The molecule has 2 rings (SSSR count). The third-order valence-electron chi connectivity index (χ3n) is 3.15. The molecule has 98 valence electrons. The van der Waals surface area contributed by atoms with E-state index in [1.807, 2.05) is 0 Å². The van der Waals surface area contributed by atoms with E-state index in [0.29, 0.717) is 11.0 Å². The molecule has 2 N–H and O–H groups in total. The first-order valence-corrected chi connectivity index (χ1v) is 6.56. The number of anilines is 1. The Morgan fingerprint density at radius 2 is 2.22 bits per heavy atom. The number of halogens is 1. The highest BCUT2D eigenvalue weighted by Gasteiger charge is 2.31. The van der Waals surface area contributed by atoms with Gasteiger partial charge in [-0.15, -0.1) is 0 Å². The van der Waals surface area contributed by atoms with Gasteiger partial charge in [-0.1, -0.05) is 12.8 Å². The molecular weight excluding hydrogens is 302 g/mol. The molecular formula is C11H14BrN3O3. The summed E-state index contributed by atoms with van der Waals surface area (Å²) in [6.45, 7) is 0.294. The molecule has 1 aliphatic rings. The van der Waals surface area contributed by atoms with Crippen LogP contribution in [-0.4, -0.2) is 27.2 Å². The van der Waals surface area contributed by atoms with Gasteiger partial charge < -0.3 is 10.4 Å². The van der Waals surface area contributed by atoms with E-state index in [1.165, 1.54) is 12.3 Å². The minimum atomic E-state index is -0.761. The van der Waals surface area contributed by atoms with Crippen molar-refractivity contribution in [3.05, 3.63) is 26.9 Å². The Kier molecular flexibility index (Phi) is 3.82. The maximum absolute atomic E-state index is 10.9. The molecule has 1 fully saturated rings. The van der Waals surface area contributed by atoms with Crippen molar-refractivity contribution in [3.8, 4) is 0 Å². The van der Waals surface area contributed by atoms with Gasteiger partial charge in [0.15, 0.2) is 0 Å². The highest BCUT2D eigenvalue weighted by molar-refractivity contribution is 9.10. The van der Waals surface area contributed by atoms with E-state index in [1.54, 1.807) is 0 Å². The first-order chi connectivity index (χ1) is 8.50. The van der Waals surface area contributed by atoms with Gasteiger partial charge in [-0.25, -0.2) is 4.98 Å². The number of pyridine rings is 1. The van der Waals surface area contributed by atoms with Gasteiger partial charge in [-0.3, -0.25) is 10.1 Å². The molecule has 0 saturated heterocycles. The summed E-state index contributed by atoms with van der Waals surface area (Å²) in [6.07, 6.45) is 4.94. The van der Waals surface area contributed by atoms with Crippen LogP contribution in [0.4, 0.5) is 11.5 Å². The molecule has 0 radical (unpaired) electrons. The molecule has 7 heteroatoms. The minimum Gasteiger partial charge on any atom is -0.388 e. The van der Waals surface area contributed by atoms with Crippen LogP contribution in [0.2, 0.25) is 0 Å². The Bertz CT molecular complexity index is 461. The van der Waals surface area contributed by atoms with Gasteiger partial charge >= 0.3 is 5.69 Å². The number of aromatic nitrogens is 1. The van der Waals surface area contributed by atoms with Crippen LogP contribution in [0.25, 0.3) is 0 Å². The van der Waals surface area contributed by atoms with Crippen LogP contribution < -0.4 is 5.32 Å². The first kappa shape index (κ1) is 13.2. The van der Waals surface area contributed by atoms with Crippen molar-refractivity contribution in [3.63, 3.8) is 0 Å². The Balaban J connectivity index is 2.11. The molecule has 1 saturated carbocycles. The van der Waals surface area contributed by atoms with Crippen molar-refractivity contribution in [2.75, 3.05) is 11.9 Å². The number of aliphatic hydroxyl groups is 1. The number of rotatable bonds is 4. The van der Waals surface area contributed by atoms with E-state index in [4.69, 9.17) is 0 Å². The summed E-state index contributed by atoms with van der Waals surface area (Å²) in [4.78, 5) is 14.4. The standard InChI is InChI=1S/C11H14BrN3O3/c12-8-5-9(15(17)18)10(13-6-8)14-7-11(16)3-1-2-4-11/h5-6,16H,1-4,7H2,(H,13,14). The average Bonchev–Trinajstić information content (AvgIpc) is 2.75. The van der Waals surface area contributed by atoms with Gasteiger partial charge in [-0.2, -0.15) is 0 Å². The molecule has 6 nitrogen and oxygen atoms in total. The maximum atomic E-state index is 10.9. The fourth-order valence-corrected chi connectivity index (χ4v) is 2.48. The fraction of sp³-hybridized carbons (Fsp3) is 0.545. The van der Waals surface area contributed by atoms with Crippen molar-refractivity contribution in [2.24, 2.45) is 0 Å². The van der Waals surface area contributed by atoms with Crippen LogP contribution in [0.15, 0.2) is 16.7 Å². The predicted molar refractivity (Wildman–Crippen MR) is 70.5 cm³/mol. The molecule has 0 atom stereocenters. The van der Waals surface area contributed by atoms with Crippen LogP contribution in [0.3, 0.4) is 0 Å². The summed E-state index contributed by atoms with van der Waals surface area (Å²) in [6, 6.07) is 1.40. The van der Waals surface area contributed by atoms with Gasteiger partial charge in [-0.05, 0) is 28.8 Å². The highest BCUT2D eigenvalue weighted by atomic mass is 79.9. The molecule has 1 aromatic heterocycles. The van der Waals surface area contributed by atoms with Gasteiger partial charge in [0.25, 0.3) is 0 Å². The zero-order valence-corrected chi connectivity index (χ0v) is 11.3. The Morgan fingerprint density at radius 1 is 1.56 bits per heavy atom. The summed E-state index contributed by atoms with van der Waals surface area (Å²) in [7, 11) is 0. The lowest BCUT2D eigenvalue weighted by atomic mass is 10.0. The SMILES string of the molecule is O=[N+]([O-])c1cc(Br)cnc1NCC1(O)CCCC1. The van der Waals surface area contributed by atoms with E-state index in [2.05, 4.69) is 26.2 Å². The monoisotopic (exact) mass is 315 g/mol. The quantitative estimate of drug-likeness (QED) is 0.658. The number of nitrogens with zero attached hydrogens (tertiary/aromatic N) is 2. The zero-order chi connectivity index (χ0) is 13.2. The van der Waals surface area contributed by atoms with E-state index in [9.17, 15) is 15.2 Å². The van der Waals surface area contributed by atoms with Crippen LogP contribution in [-0.2, 0) is 0 Å². The van der Waals surface area contributed by atoms with Gasteiger partial charge in [0.1, 0.15) is 0 Å². The molecule has 0 amide bonds. The van der Waals surface area contributed by atoms with E-state index in [0.717, 1.165) is 25.7 Å². The molecule has 0 aliphatic heterocycles. The molecule has 0 bridgehead atoms. The van der Waals surface area contributed by atoms with Crippen LogP contribution in [0.1, 0.15) is 25.7 Å². The highest BCUT2D eigenvalue weighted by Crippen LogP contribution is 2.31. The Hall–Kier alpha value is -1.21. The fourth-order valence-electron chi connectivity index (χ4n) is 2.16. The van der Waals surface area contributed by atoms with Crippen molar-refractivity contribution < 1.29 is 10.0 Å². The lowest BCUT2D eigenvalue weighted by molar-refractivity contribution is -0.384. The third-order valence-corrected chi connectivity index (χ3v) is 3.58. The molecule has 1 heterocycles. The lowest BCUT2D eigenvalue weighted by Gasteiger charge is -2.22. The van der Waals surface area contributed by atoms with E-state index in [-0.39, 0.29) is 11.5 Å². The molecule has 0 spiro atoms. The van der Waals surface area contributed by atoms with Crippen LogP contribution >= 0.6 is 15.9 Å². The van der Waals surface area contributed by atoms with E-state index >= 15 is 0 Å². The van der Waals surface area contributed by atoms with Crippen molar-refractivity contribution in [1.82, 2.24) is 4.98 Å². The maximum Gasteiger partial charge on any atom is 0.312 e. The second kappa shape index (κ2) is 5.19. The summed E-state index contributed by atoms with van der Waals surface area (Å²) in [5, 5.41) is 23.9. The van der Waals surface area contributed by atoms with E-state index < -0.39 is 10.5 Å². The molecule has 0 aromatic carbocycles. The topological polar surface area (TPSA) is 88.3 Å². The molecule has 1 aliphatic carbocycles. The van der Waals surface area contributed by atoms with Crippen molar-refractivity contribution in [1.29, 1.82) is 0 Å². The molecule has 1 aromatic rings. The second-order valence-electron chi connectivity index (χ2n) is 4.56. The largest absolute Gasteiger partial charge is 0.388 e. The third kappa shape index (κ3) is 2.97. The van der Waals surface area contributed by atoms with Gasteiger partial charge in [0.2, 0.25) is 5.82 Å². The number of nitrogens with one attached hydrogen (secondary N) is 1. The normalized spacial score (nSPS) is 17.7. The number of nitro groups is 1. The zero-order valence-electron chi connectivity index (χ0n) is 9.73. The summed E-state index contributed by atoms with van der Waals surface area (Å²) in [5.41, 5.74) is -0.853. The summed E-state index contributed by atoms with van der Waals surface area (Å²) < 4.78 is 0.555. The van der Waals surface area contributed by atoms with Crippen molar-refractivity contribution in [2.45, 2.75) is 31.3 Å². The average molecular weight is 316 g/mol. The van der Waals surface area contributed by atoms with Crippen LogP contribution in [0, 0.1) is 10.1 Å². The summed E-state index contributed by atoms with van der Waals surface area (Å²) in [5.74, 6) is 0.198.